The summed E-state index contributed by atoms with van der Waals surface area (Å²) in [6.07, 6.45) is 8.66. The maximum absolute atomic E-state index is 13.0. The third-order valence-electron chi connectivity index (χ3n) is 6.09. The third-order valence-corrected chi connectivity index (χ3v) is 7.15. The van der Waals surface area contributed by atoms with E-state index in [1.165, 1.54) is 35.9 Å². The summed E-state index contributed by atoms with van der Waals surface area (Å²) >= 11 is 1.39. The first kappa shape index (κ1) is 25.0. The van der Waals surface area contributed by atoms with E-state index in [2.05, 4.69) is 26.7 Å². The highest BCUT2D eigenvalue weighted by atomic mass is 32.2. The highest BCUT2D eigenvalue weighted by Gasteiger charge is 2.26. The van der Waals surface area contributed by atoms with Gasteiger partial charge in [0.2, 0.25) is 11.8 Å². The topological polar surface area (TPSA) is 80.1 Å². The number of carbonyl (C=O) groups excluding carboxylic acids is 2. The molecule has 1 aliphatic carbocycles. The molecule has 1 saturated carbocycles. The molecule has 0 saturated heterocycles. The lowest BCUT2D eigenvalue weighted by Crippen LogP contribution is -2.39. The van der Waals surface area contributed by atoms with E-state index in [0.29, 0.717) is 12.5 Å². The predicted octanol–water partition coefficient (Wildman–Crippen LogP) is 4.65. The van der Waals surface area contributed by atoms with Crippen LogP contribution in [0.1, 0.15) is 63.3 Å². The van der Waals surface area contributed by atoms with Gasteiger partial charge in [0.25, 0.3) is 0 Å². The van der Waals surface area contributed by atoms with E-state index >= 15 is 0 Å². The normalized spacial score (nSPS) is 15.1. The number of anilines is 1. The quantitative estimate of drug-likeness (QED) is 0.405. The van der Waals surface area contributed by atoms with Gasteiger partial charge in [0.05, 0.1) is 11.8 Å². The molecular formula is C25H35N5O2S. The zero-order chi connectivity index (χ0) is 23.8. The Labute approximate surface area is 201 Å². The van der Waals surface area contributed by atoms with Crippen molar-refractivity contribution in [2.75, 3.05) is 18.9 Å². The van der Waals surface area contributed by atoms with Gasteiger partial charge in [-0.3, -0.25) is 9.59 Å². The number of allylic oxidation sites excluding steroid dienone is 1. The largest absolute Gasteiger partial charge is 0.335 e. The SMILES string of the molecule is C=CCn1c(S[C@H](C)C(=O)N(C)CC(=O)Nc2ccccc2CC)nnc1C1CCCCC1. The van der Waals surface area contributed by atoms with Gasteiger partial charge in [-0.2, -0.15) is 0 Å². The molecule has 0 spiro atoms. The fourth-order valence-electron chi connectivity index (χ4n) is 4.30. The molecule has 1 N–H and O–H groups in total. The molecule has 178 valence electrons. The third kappa shape index (κ3) is 6.47. The van der Waals surface area contributed by atoms with Crippen molar-refractivity contribution in [3.8, 4) is 0 Å². The number of amides is 2. The van der Waals surface area contributed by atoms with Crippen LogP contribution in [0.2, 0.25) is 0 Å². The molecule has 1 atom stereocenters. The molecule has 1 heterocycles. The van der Waals surface area contributed by atoms with Crippen molar-refractivity contribution in [3.63, 3.8) is 0 Å². The van der Waals surface area contributed by atoms with Crippen LogP contribution in [0, 0.1) is 0 Å². The Morgan fingerprint density at radius 1 is 1.27 bits per heavy atom. The lowest BCUT2D eigenvalue weighted by molar-refractivity contribution is -0.132. The Balaban J connectivity index is 1.62. The lowest BCUT2D eigenvalue weighted by atomic mass is 9.89. The van der Waals surface area contributed by atoms with E-state index in [-0.39, 0.29) is 18.4 Å². The summed E-state index contributed by atoms with van der Waals surface area (Å²) in [6, 6.07) is 7.72. The minimum absolute atomic E-state index is 0.00550. The zero-order valence-electron chi connectivity index (χ0n) is 19.9. The fourth-order valence-corrected chi connectivity index (χ4v) is 5.28. The highest BCUT2D eigenvalue weighted by molar-refractivity contribution is 8.00. The number of nitrogens with one attached hydrogen (secondary N) is 1. The molecular weight excluding hydrogens is 434 g/mol. The van der Waals surface area contributed by atoms with Crippen LogP contribution < -0.4 is 5.32 Å². The fraction of sp³-hybridized carbons (Fsp3) is 0.520. The van der Waals surface area contributed by atoms with Gasteiger partial charge in [-0.05, 0) is 37.8 Å². The summed E-state index contributed by atoms with van der Waals surface area (Å²) in [6.45, 7) is 8.39. The van der Waals surface area contributed by atoms with Crippen LogP contribution in [0.4, 0.5) is 5.69 Å². The van der Waals surface area contributed by atoms with Crippen LogP contribution in [-0.2, 0) is 22.6 Å². The number of benzene rings is 1. The molecule has 2 aromatic rings. The van der Waals surface area contributed by atoms with Crippen molar-refractivity contribution in [2.24, 2.45) is 0 Å². The number of rotatable bonds is 10. The van der Waals surface area contributed by atoms with Crippen molar-refractivity contribution in [1.29, 1.82) is 0 Å². The number of nitrogens with zero attached hydrogens (tertiary/aromatic N) is 4. The van der Waals surface area contributed by atoms with Gasteiger partial charge >= 0.3 is 0 Å². The summed E-state index contributed by atoms with van der Waals surface area (Å²) in [7, 11) is 1.66. The monoisotopic (exact) mass is 469 g/mol. The standard InChI is InChI=1S/C25H35N5O2S/c1-5-16-30-23(20-13-8-7-9-14-20)27-28-25(30)33-18(3)24(32)29(4)17-22(31)26-21-15-11-10-12-19(21)6-2/h5,10-12,15,18,20H,1,6-9,13-14,16-17H2,2-4H3,(H,26,31)/t18-/m1/s1. The minimum atomic E-state index is -0.391. The van der Waals surface area contributed by atoms with Crippen LogP contribution in [0.25, 0.3) is 0 Å². The molecule has 1 aliphatic rings. The molecule has 0 bridgehead atoms. The minimum Gasteiger partial charge on any atom is -0.335 e. The number of aromatic nitrogens is 3. The maximum atomic E-state index is 13.0. The molecule has 1 aromatic carbocycles. The molecule has 3 rings (SSSR count). The van der Waals surface area contributed by atoms with Crippen molar-refractivity contribution in [1.82, 2.24) is 19.7 Å². The second kappa shape index (κ2) is 12.0. The molecule has 2 amide bonds. The Hall–Kier alpha value is -2.61. The second-order valence-electron chi connectivity index (χ2n) is 8.59. The van der Waals surface area contributed by atoms with E-state index in [4.69, 9.17) is 0 Å². The molecule has 1 aromatic heterocycles. The molecule has 7 nitrogen and oxygen atoms in total. The molecule has 0 aliphatic heterocycles. The Kier molecular flexibility index (Phi) is 9.11. The van der Waals surface area contributed by atoms with Crippen molar-refractivity contribution in [3.05, 3.63) is 48.3 Å². The van der Waals surface area contributed by atoms with Crippen LogP contribution in [0.3, 0.4) is 0 Å². The van der Waals surface area contributed by atoms with Crippen molar-refractivity contribution >= 4 is 29.3 Å². The highest BCUT2D eigenvalue weighted by Crippen LogP contribution is 2.34. The second-order valence-corrected chi connectivity index (χ2v) is 9.90. The number of carbonyl (C=O) groups is 2. The van der Waals surface area contributed by atoms with Crippen LogP contribution in [0.5, 0.6) is 0 Å². The summed E-state index contributed by atoms with van der Waals surface area (Å²) in [5, 5.41) is 12.1. The Bertz CT molecular complexity index is 967. The summed E-state index contributed by atoms with van der Waals surface area (Å²) in [5.74, 6) is 1.09. The van der Waals surface area contributed by atoms with Crippen molar-refractivity contribution in [2.45, 2.75) is 75.2 Å². The van der Waals surface area contributed by atoms with Gasteiger partial charge in [0.1, 0.15) is 5.82 Å². The van der Waals surface area contributed by atoms with Crippen LogP contribution in [0.15, 0.2) is 42.1 Å². The van der Waals surface area contributed by atoms with E-state index in [0.717, 1.165) is 41.5 Å². The van der Waals surface area contributed by atoms with Gasteiger partial charge in [-0.1, -0.05) is 62.2 Å². The number of para-hydroxylation sites is 1. The average Bonchev–Trinajstić information content (AvgIpc) is 3.21. The average molecular weight is 470 g/mol. The predicted molar refractivity (Wildman–Crippen MR) is 133 cm³/mol. The maximum Gasteiger partial charge on any atom is 0.243 e. The van der Waals surface area contributed by atoms with Crippen LogP contribution in [-0.4, -0.2) is 50.3 Å². The van der Waals surface area contributed by atoms with E-state index in [1.807, 2.05) is 44.2 Å². The number of hydrogen-bond donors (Lipinski definition) is 1. The smallest absolute Gasteiger partial charge is 0.243 e. The number of thioether (sulfide) groups is 1. The lowest BCUT2D eigenvalue weighted by Gasteiger charge is -2.22. The molecule has 0 unspecified atom stereocenters. The van der Waals surface area contributed by atoms with E-state index in [9.17, 15) is 9.59 Å². The molecule has 0 radical (unpaired) electrons. The van der Waals surface area contributed by atoms with Crippen molar-refractivity contribution < 1.29 is 9.59 Å². The number of hydrogen-bond acceptors (Lipinski definition) is 5. The van der Waals surface area contributed by atoms with Gasteiger partial charge < -0.3 is 14.8 Å². The van der Waals surface area contributed by atoms with Gasteiger partial charge in [-0.15, -0.1) is 16.8 Å². The zero-order valence-corrected chi connectivity index (χ0v) is 20.7. The van der Waals surface area contributed by atoms with Gasteiger partial charge in [-0.25, -0.2) is 0 Å². The summed E-state index contributed by atoms with van der Waals surface area (Å²) in [4.78, 5) is 27.0. The van der Waals surface area contributed by atoms with Gasteiger partial charge in [0.15, 0.2) is 5.16 Å². The Morgan fingerprint density at radius 2 is 2.00 bits per heavy atom. The van der Waals surface area contributed by atoms with E-state index < -0.39 is 5.25 Å². The number of likely N-dealkylation sites (N-methyl/N-ethyl adjacent to an activating group) is 1. The molecule has 8 heteroatoms. The number of aryl methyl sites for hydroxylation is 1. The first-order chi connectivity index (χ1) is 15.9. The first-order valence-electron chi connectivity index (χ1n) is 11.8. The molecule has 1 fully saturated rings. The van der Waals surface area contributed by atoms with Crippen LogP contribution >= 0.6 is 11.8 Å². The Morgan fingerprint density at radius 3 is 2.70 bits per heavy atom. The molecule has 33 heavy (non-hydrogen) atoms. The summed E-state index contributed by atoms with van der Waals surface area (Å²) < 4.78 is 2.09. The first-order valence-corrected chi connectivity index (χ1v) is 12.7. The van der Waals surface area contributed by atoms with Gasteiger partial charge in [0, 0.05) is 25.2 Å². The summed E-state index contributed by atoms with van der Waals surface area (Å²) in [5.41, 5.74) is 1.86. The van der Waals surface area contributed by atoms with E-state index in [1.54, 1.807) is 7.05 Å².